The summed E-state index contributed by atoms with van der Waals surface area (Å²) in [6.45, 7) is 1.83. The van der Waals surface area contributed by atoms with E-state index in [0.717, 1.165) is 5.56 Å². The number of aryl methyl sites for hydroxylation is 1. The van der Waals surface area contributed by atoms with E-state index in [-0.39, 0.29) is 14.5 Å². The molecule has 0 unspecified atom stereocenters. The summed E-state index contributed by atoms with van der Waals surface area (Å²) < 4.78 is 31.4. The fourth-order valence-electron chi connectivity index (χ4n) is 2.80. The summed E-state index contributed by atoms with van der Waals surface area (Å²) >= 11 is -4.58. The molecule has 0 fully saturated rings. The van der Waals surface area contributed by atoms with E-state index < -0.39 is 18.3 Å². The minimum atomic E-state index is -4.58. The summed E-state index contributed by atoms with van der Waals surface area (Å²) in [5, 5.41) is 0.478. The summed E-state index contributed by atoms with van der Waals surface area (Å²) in [6, 6.07) is 11.9. The topological polar surface area (TPSA) is 64.3 Å². The van der Waals surface area contributed by atoms with E-state index in [2.05, 4.69) is 0 Å². The fraction of sp³-hybridized carbons (Fsp3) is 0.0625. The van der Waals surface area contributed by atoms with E-state index in [4.69, 9.17) is 4.42 Å². The molecule has 1 aliphatic heterocycles. The van der Waals surface area contributed by atoms with Gasteiger partial charge in [-0.25, -0.2) is 0 Å². The molecule has 1 aromatic heterocycles. The molecule has 0 atom stereocenters. The number of para-hydroxylation sites is 1. The Morgan fingerprint density at radius 2 is 1.81 bits per heavy atom. The molecule has 2 heterocycles. The van der Waals surface area contributed by atoms with Gasteiger partial charge in [-0.2, -0.15) is 0 Å². The first-order valence-electron chi connectivity index (χ1n) is 6.42. The van der Waals surface area contributed by atoms with Gasteiger partial charge in [-0.05, 0) is 0 Å². The average Bonchev–Trinajstić information content (AvgIpc) is 2.68. The zero-order valence-corrected chi connectivity index (χ0v) is 12.8. The Kier molecular flexibility index (Phi) is 2.33. The van der Waals surface area contributed by atoms with Crippen LogP contribution < -0.4 is 14.5 Å². The third-order valence-corrected chi connectivity index (χ3v) is 7.67. The van der Waals surface area contributed by atoms with E-state index >= 15 is 0 Å². The standard InChI is InChI=1S/C16H10O4Se/c1-9-6-7-11-13(8-9)21(18,19)15-10-4-2-3-5-12(10)20-16(17)14(11)15/h2-8H,1H3. The van der Waals surface area contributed by atoms with Crippen LogP contribution >= 0.6 is 0 Å². The minimum absolute atomic E-state index is 0.138. The fourth-order valence-corrected chi connectivity index (χ4v) is 6.87. The van der Waals surface area contributed by atoms with Crippen molar-refractivity contribution in [2.45, 2.75) is 6.92 Å². The molecule has 0 amide bonds. The van der Waals surface area contributed by atoms with E-state index in [9.17, 15) is 12.5 Å². The second kappa shape index (κ2) is 3.91. The van der Waals surface area contributed by atoms with Crippen molar-refractivity contribution in [3.63, 3.8) is 0 Å². The Balaban J connectivity index is 2.31. The Morgan fingerprint density at radius 3 is 2.62 bits per heavy atom. The molecule has 4 rings (SSSR count). The van der Waals surface area contributed by atoms with Crippen molar-refractivity contribution in [2.24, 2.45) is 0 Å². The SMILES string of the molecule is Cc1ccc2c(c1)[Se](=O)(=O)c1c-2c(=O)oc2ccccc12. The van der Waals surface area contributed by atoms with Crippen LogP contribution in [0.2, 0.25) is 0 Å². The maximum absolute atomic E-state index is 12.9. The Bertz CT molecular complexity index is 1080. The molecule has 0 aliphatic carbocycles. The van der Waals surface area contributed by atoms with Crippen molar-refractivity contribution in [3.05, 3.63) is 58.4 Å². The molecule has 3 aromatic rings. The summed E-state index contributed by atoms with van der Waals surface area (Å²) in [5.74, 6) is 0. The Labute approximate surface area is 121 Å². The van der Waals surface area contributed by atoms with Gasteiger partial charge in [0.25, 0.3) is 0 Å². The summed E-state index contributed by atoms with van der Waals surface area (Å²) in [5.41, 5.74) is 1.19. The van der Waals surface area contributed by atoms with E-state index in [1.807, 2.05) is 6.92 Å². The van der Waals surface area contributed by atoms with Gasteiger partial charge in [-0.1, -0.05) is 0 Å². The van der Waals surface area contributed by atoms with Crippen LogP contribution in [0.5, 0.6) is 0 Å². The van der Waals surface area contributed by atoms with Gasteiger partial charge >= 0.3 is 121 Å². The Hall–Kier alpha value is -2.23. The van der Waals surface area contributed by atoms with Gasteiger partial charge in [0.2, 0.25) is 0 Å². The van der Waals surface area contributed by atoms with Gasteiger partial charge in [0.15, 0.2) is 0 Å². The number of rotatable bonds is 0. The van der Waals surface area contributed by atoms with Crippen LogP contribution in [0.4, 0.5) is 0 Å². The van der Waals surface area contributed by atoms with Crippen LogP contribution in [0.15, 0.2) is 51.7 Å². The van der Waals surface area contributed by atoms with E-state index in [1.165, 1.54) is 0 Å². The first-order valence-corrected chi connectivity index (χ1v) is 9.53. The predicted octanol–water partition coefficient (Wildman–Crippen LogP) is 1.50. The molecule has 1 aliphatic rings. The molecule has 21 heavy (non-hydrogen) atoms. The van der Waals surface area contributed by atoms with Gasteiger partial charge in [-0.15, -0.1) is 0 Å². The van der Waals surface area contributed by atoms with Gasteiger partial charge in [0.05, 0.1) is 0 Å². The maximum atomic E-state index is 12.9. The average molecular weight is 345 g/mol. The number of hydrogen-bond acceptors (Lipinski definition) is 4. The molecule has 2 aromatic carbocycles. The predicted molar refractivity (Wildman–Crippen MR) is 79.1 cm³/mol. The first-order chi connectivity index (χ1) is 10.00. The van der Waals surface area contributed by atoms with Gasteiger partial charge in [-0.3, -0.25) is 0 Å². The molecule has 104 valence electrons. The van der Waals surface area contributed by atoms with Crippen molar-refractivity contribution in [3.8, 4) is 11.1 Å². The molecule has 5 heteroatoms. The van der Waals surface area contributed by atoms with Crippen LogP contribution in [-0.2, 0) is 7.67 Å². The van der Waals surface area contributed by atoms with Crippen molar-refractivity contribution in [1.82, 2.24) is 0 Å². The number of benzene rings is 2. The van der Waals surface area contributed by atoms with Gasteiger partial charge in [0, 0.05) is 0 Å². The molecule has 4 nitrogen and oxygen atoms in total. The quantitative estimate of drug-likeness (QED) is 0.358. The monoisotopic (exact) mass is 346 g/mol. The first kappa shape index (κ1) is 12.5. The van der Waals surface area contributed by atoms with Crippen LogP contribution in [-0.4, -0.2) is 12.7 Å². The molecule has 0 spiro atoms. The summed E-state index contributed by atoms with van der Waals surface area (Å²) in [7, 11) is 0. The van der Waals surface area contributed by atoms with Crippen LogP contribution in [0.1, 0.15) is 5.56 Å². The summed E-state index contributed by atoms with van der Waals surface area (Å²) in [6.07, 6.45) is 0. The molecular formula is C16H10O4Se. The van der Waals surface area contributed by atoms with E-state index in [1.54, 1.807) is 42.5 Å². The molecule has 0 saturated carbocycles. The zero-order chi connectivity index (χ0) is 14.8. The van der Waals surface area contributed by atoms with Crippen molar-refractivity contribution < 1.29 is 12.1 Å². The van der Waals surface area contributed by atoms with Gasteiger partial charge < -0.3 is 0 Å². The second-order valence-corrected chi connectivity index (χ2v) is 8.98. The van der Waals surface area contributed by atoms with Crippen molar-refractivity contribution in [2.75, 3.05) is 0 Å². The van der Waals surface area contributed by atoms with Crippen molar-refractivity contribution >= 4 is 32.6 Å². The molecule has 0 N–H and O–H groups in total. The van der Waals surface area contributed by atoms with Gasteiger partial charge in [0.1, 0.15) is 0 Å². The normalized spacial score (nSPS) is 14.9. The second-order valence-electron chi connectivity index (χ2n) is 5.09. The third kappa shape index (κ3) is 1.53. The zero-order valence-electron chi connectivity index (χ0n) is 11.1. The van der Waals surface area contributed by atoms with Crippen LogP contribution in [0, 0.1) is 6.92 Å². The summed E-state index contributed by atoms with van der Waals surface area (Å²) in [4.78, 5) is 12.2. The van der Waals surface area contributed by atoms with Crippen LogP contribution in [0.25, 0.3) is 22.1 Å². The molecule has 0 saturated heterocycles. The number of hydrogen-bond donors (Lipinski definition) is 0. The number of fused-ring (bicyclic) bond motifs is 5. The van der Waals surface area contributed by atoms with E-state index in [0.29, 0.717) is 16.5 Å². The molecule has 0 radical (unpaired) electrons. The molecule has 0 bridgehead atoms. The van der Waals surface area contributed by atoms with Crippen molar-refractivity contribution in [1.29, 1.82) is 0 Å². The Morgan fingerprint density at radius 1 is 1.05 bits per heavy atom. The third-order valence-electron chi connectivity index (χ3n) is 3.73. The molecular weight excluding hydrogens is 335 g/mol. The van der Waals surface area contributed by atoms with Crippen LogP contribution in [0.3, 0.4) is 0 Å².